The highest BCUT2D eigenvalue weighted by molar-refractivity contribution is 5.42. The van der Waals surface area contributed by atoms with E-state index in [-0.39, 0.29) is 23.9 Å². The van der Waals surface area contributed by atoms with Gasteiger partial charge in [0, 0.05) is 12.0 Å². The van der Waals surface area contributed by atoms with E-state index >= 15 is 0 Å². The predicted octanol–water partition coefficient (Wildman–Crippen LogP) is 1.86. The fourth-order valence-electron chi connectivity index (χ4n) is 2.86. The lowest BCUT2D eigenvalue weighted by Crippen LogP contribution is -2.43. The quantitative estimate of drug-likeness (QED) is 0.701. The minimum absolute atomic E-state index is 0.123. The molecule has 3 heteroatoms. The summed E-state index contributed by atoms with van der Waals surface area (Å²) in [7, 11) is 0. The third kappa shape index (κ3) is 1.55. The molecule has 3 atom stereocenters. The number of phenolic OH excluding ortho intramolecular Hbond substituents is 1. The van der Waals surface area contributed by atoms with Gasteiger partial charge in [0.25, 0.3) is 0 Å². The lowest BCUT2D eigenvalue weighted by atomic mass is 9.78. The maximum absolute atomic E-state index is 9.96. The van der Waals surface area contributed by atoms with Crippen LogP contribution in [0.2, 0.25) is 0 Å². The van der Waals surface area contributed by atoms with Crippen LogP contribution in [0, 0.1) is 5.92 Å². The van der Waals surface area contributed by atoms with Gasteiger partial charge in [0.05, 0.1) is 6.10 Å². The fourth-order valence-corrected chi connectivity index (χ4v) is 2.86. The molecule has 0 unspecified atom stereocenters. The third-order valence-electron chi connectivity index (χ3n) is 3.75. The van der Waals surface area contributed by atoms with Gasteiger partial charge < -0.3 is 14.9 Å². The van der Waals surface area contributed by atoms with Gasteiger partial charge in [-0.3, -0.25) is 0 Å². The van der Waals surface area contributed by atoms with Crippen LogP contribution in [0.1, 0.15) is 24.8 Å². The van der Waals surface area contributed by atoms with E-state index < -0.39 is 0 Å². The van der Waals surface area contributed by atoms with Crippen molar-refractivity contribution in [1.82, 2.24) is 0 Å². The summed E-state index contributed by atoms with van der Waals surface area (Å²) in [5.41, 5.74) is 1.10. The average molecular weight is 220 g/mol. The van der Waals surface area contributed by atoms with Gasteiger partial charge >= 0.3 is 0 Å². The molecular weight excluding hydrogens is 204 g/mol. The van der Waals surface area contributed by atoms with Gasteiger partial charge in [-0.1, -0.05) is 6.07 Å². The largest absolute Gasteiger partial charge is 0.508 e. The van der Waals surface area contributed by atoms with Gasteiger partial charge in [-0.05, 0) is 37.3 Å². The molecule has 0 amide bonds. The summed E-state index contributed by atoms with van der Waals surface area (Å²) in [6, 6.07) is 5.24. The summed E-state index contributed by atoms with van der Waals surface area (Å²) in [6.07, 6.45) is 3.67. The Labute approximate surface area is 94.7 Å². The topological polar surface area (TPSA) is 49.7 Å². The number of hydrogen-bond donors (Lipinski definition) is 2. The van der Waals surface area contributed by atoms with Crippen LogP contribution in [0.4, 0.5) is 0 Å². The highest BCUT2D eigenvalue weighted by Gasteiger charge is 2.37. The average Bonchev–Trinajstić information content (AvgIpc) is 2.27. The van der Waals surface area contributed by atoms with E-state index in [9.17, 15) is 10.2 Å². The van der Waals surface area contributed by atoms with Crippen molar-refractivity contribution in [2.24, 2.45) is 5.92 Å². The van der Waals surface area contributed by atoms with Gasteiger partial charge in [-0.2, -0.15) is 0 Å². The van der Waals surface area contributed by atoms with E-state index in [4.69, 9.17) is 4.74 Å². The van der Waals surface area contributed by atoms with Gasteiger partial charge in [-0.15, -0.1) is 0 Å². The fraction of sp³-hybridized carbons (Fsp3) is 0.538. The van der Waals surface area contributed by atoms with Gasteiger partial charge in [0.15, 0.2) is 0 Å². The molecule has 1 heterocycles. The molecule has 3 rings (SSSR count). The first kappa shape index (κ1) is 9.97. The molecule has 1 saturated carbocycles. The summed E-state index contributed by atoms with van der Waals surface area (Å²) >= 11 is 0. The number of rotatable bonds is 0. The minimum Gasteiger partial charge on any atom is -0.508 e. The maximum atomic E-state index is 9.96. The molecule has 1 aromatic rings. The number of aromatic hydroxyl groups is 1. The van der Waals surface area contributed by atoms with Crippen LogP contribution in [-0.2, 0) is 6.42 Å². The Bertz CT molecular complexity index is 402. The first-order valence-corrected chi connectivity index (χ1v) is 5.90. The Kier molecular flexibility index (Phi) is 2.28. The SMILES string of the molecule is Oc1ccc2c(c1)O[C@@H]1CCC[C@H](O)[C@H]1C2. The summed E-state index contributed by atoms with van der Waals surface area (Å²) in [6.45, 7) is 0. The zero-order chi connectivity index (χ0) is 11.1. The van der Waals surface area contributed by atoms with Crippen LogP contribution >= 0.6 is 0 Å². The van der Waals surface area contributed by atoms with Gasteiger partial charge in [-0.25, -0.2) is 0 Å². The van der Waals surface area contributed by atoms with Crippen molar-refractivity contribution in [2.75, 3.05) is 0 Å². The molecule has 1 fully saturated rings. The summed E-state index contributed by atoms with van der Waals surface area (Å²) < 4.78 is 5.87. The maximum Gasteiger partial charge on any atom is 0.126 e. The minimum atomic E-state index is -0.235. The second-order valence-electron chi connectivity index (χ2n) is 4.81. The molecule has 0 aromatic heterocycles. The first-order valence-electron chi connectivity index (χ1n) is 5.90. The molecule has 2 N–H and O–H groups in total. The smallest absolute Gasteiger partial charge is 0.126 e. The van der Waals surface area contributed by atoms with E-state index in [2.05, 4.69) is 0 Å². The molecule has 0 bridgehead atoms. The van der Waals surface area contributed by atoms with Crippen LogP contribution < -0.4 is 4.74 Å². The second kappa shape index (κ2) is 3.67. The summed E-state index contributed by atoms with van der Waals surface area (Å²) in [5, 5.41) is 19.4. The lowest BCUT2D eigenvalue weighted by molar-refractivity contribution is -0.0210. The highest BCUT2D eigenvalue weighted by Crippen LogP contribution is 2.39. The van der Waals surface area contributed by atoms with Crippen LogP contribution in [0.3, 0.4) is 0 Å². The van der Waals surface area contributed by atoms with Crippen LogP contribution in [0.25, 0.3) is 0 Å². The van der Waals surface area contributed by atoms with Crippen LogP contribution in [-0.4, -0.2) is 22.4 Å². The molecule has 1 aliphatic carbocycles. The van der Waals surface area contributed by atoms with Crippen LogP contribution in [0.5, 0.6) is 11.5 Å². The Morgan fingerprint density at radius 2 is 2.12 bits per heavy atom. The zero-order valence-corrected chi connectivity index (χ0v) is 9.10. The van der Waals surface area contributed by atoms with Crippen molar-refractivity contribution < 1.29 is 14.9 Å². The molecule has 16 heavy (non-hydrogen) atoms. The standard InChI is InChI=1S/C13H16O3/c14-9-5-4-8-6-10-11(15)2-1-3-12(10)16-13(8)7-9/h4-5,7,10-12,14-15H,1-3,6H2/t10-,11+,12-/m1/s1. The Hall–Kier alpha value is -1.22. The molecule has 1 aliphatic heterocycles. The molecule has 0 spiro atoms. The molecule has 1 aromatic carbocycles. The van der Waals surface area contributed by atoms with Crippen molar-refractivity contribution in [3.05, 3.63) is 23.8 Å². The van der Waals surface area contributed by atoms with Crippen molar-refractivity contribution in [2.45, 2.75) is 37.9 Å². The first-order chi connectivity index (χ1) is 7.74. The Morgan fingerprint density at radius 3 is 3.00 bits per heavy atom. The number of aliphatic hydroxyl groups excluding tert-OH is 1. The third-order valence-corrected chi connectivity index (χ3v) is 3.75. The molecule has 86 valence electrons. The van der Waals surface area contributed by atoms with Crippen molar-refractivity contribution in [1.29, 1.82) is 0 Å². The molecule has 3 nitrogen and oxygen atoms in total. The highest BCUT2D eigenvalue weighted by atomic mass is 16.5. The molecule has 0 radical (unpaired) electrons. The summed E-state index contributed by atoms with van der Waals surface area (Å²) in [5.74, 6) is 1.26. The normalized spacial score (nSPS) is 32.4. The number of benzene rings is 1. The van der Waals surface area contributed by atoms with Crippen LogP contribution in [0.15, 0.2) is 18.2 Å². The number of fused-ring (bicyclic) bond motifs is 2. The zero-order valence-electron chi connectivity index (χ0n) is 9.10. The predicted molar refractivity (Wildman–Crippen MR) is 59.6 cm³/mol. The Morgan fingerprint density at radius 1 is 1.25 bits per heavy atom. The number of aliphatic hydroxyl groups is 1. The molecule has 2 aliphatic rings. The van der Waals surface area contributed by atoms with Gasteiger partial charge in [0.2, 0.25) is 0 Å². The number of hydrogen-bond acceptors (Lipinski definition) is 3. The molecule has 0 saturated heterocycles. The Balaban J connectivity index is 1.93. The van der Waals surface area contributed by atoms with E-state index in [1.54, 1.807) is 12.1 Å². The van der Waals surface area contributed by atoms with Crippen molar-refractivity contribution >= 4 is 0 Å². The van der Waals surface area contributed by atoms with Gasteiger partial charge in [0.1, 0.15) is 17.6 Å². The monoisotopic (exact) mass is 220 g/mol. The van der Waals surface area contributed by atoms with Crippen molar-refractivity contribution in [3.63, 3.8) is 0 Å². The lowest BCUT2D eigenvalue weighted by Gasteiger charge is -2.39. The second-order valence-corrected chi connectivity index (χ2v) is 4.81. The van der Waals surface area contributed by atoms with E-state index in [1.807, 2.05) is 6.07 Å². The van der Waals surface area contributed by atoms with E-state index in [0.29, 0.717) is 0 Å². The number of ether oxygens (including phenoxy) is 1. The van der Waals surface area contributed by atoms with E-state index in [1.165, 1.54) is 0 Å². The molecular formula is C13H16O3. The van der Waals surface area contributed by atoms with Crippen molar-refractivity contribution in [3.8, 4) is 11.5 Å². The van der Waals surface area contributed by atoms with E-state index in [0.717, 1.165) is 37.0 Å². The number of phenols is 1. The summed E-state index contributed by atoms with van der Waals surface area (Å²) in [4.78, 5) is 0.